The predicted molar refractivity (Wildman–Crippen MR) is 68.0 cm³/mol. The molecule has 1 atom stereocenters. The lowest BCUT2D eigenvalue weighted by Gasteiger charge is -2.23. The normalized spacial score (nSPS) is 19.5. The summed E-state index contributed by atoms with van der Waals surface area (Å²) in [5.74, 6) is -0.186. The van der Waals surface area contributed by atoms with Crippen LogP contribution in [0.4, 0.5) is 4.39 Å². The van der Waals surface area contributed by atoms with E-state index in [1.807, 2.05) is 13.1 Å². The van der Waals surface area contributed by atoms with Gasteiger partial charge in [-0.15, -0.1) is 0 Å². The van der Waals surface area contributed by atoms with Crippen molar-refractivity contribution < 1.29 is 4.39 Å². The van der Waals surface area contributed by atoms with Crippen LogP contribution in [0.5, 0.6) is 0 Å². The minimum Gasteiger partial charge on any atom is -0.316 e. The van der Waals surface area contributed by atoms with Crippen LogP contribution in [-0.2, 0) is 6.42 Å². The lowest BCUT2D eigenvalue weighted by atomic mass is 9.92. The second kappa shape index (κ2) is 4.46. The van der Waals surface area contributed by atoms with Crippen LogP contribution in [0.3, 0.4) is 0 Å². The first kappa shape index (κ1) is 12.1. The first-order chi connectivity index (χ1) is 7.55. The molecule has 0 amide bonds. The molecule has 0 bridgehead atoms. The second-order valence-electron chi connectivity index (χ2n) is 4.94. The van der Waals surface area contributed by atoms with Gasteiger partial charge in [0.05, 0.1) is 0 Å². The smallest absolute Gasteiger partial charge is 0.124 e. The van der Waals surface area contributed by atoms with Crippen LogP contribution in [0, 0.1) is 11.2 Å². The molecule has 1 fully saturated rings. The van der Waals surface area contributed by atoms with Gasteiger partial charge in [0.1, 0.15) is 5.82 Å². The number of hydrogen-bond acceptors (Lipinski definition) is 1. The van der Waals surface area contributed by atoms with Crippen LogP contribution in [-0.4, -0.2) is 13.1 Å². The molecular formula is C13H17BrFN. The zero-order valence-electron chi connectivity index (χ0n) is 9.69. The molecule has 1 saturated carbocycles. The van der Waals surface area contributed by atoms with E-state index in [1.165, 1.54) is 30.5 Å². The topological polar surface area (TPSA) is 12.0 Å². The van der Waals surface area contributed by atoms with E-state index < -0.39 is 0 Å². The Bertz CT molecular complexity index is 388. The van der Waals surface area contributed by atoms with E-state index >= 15 is 0 Å². The largest absolute Gasteiger partial charge is 0.316 e. The molecule has 1 aromatic rings. The Morgan fingerprint density at radius 1 is 1.50 bits per heavy atom. The van der Waals surface area contributed by atoms with Crippen LogP contribution in [0.2, 0.25) is 0 Å². The van der Waals surface area contributed by atoms with Gasteiger partial charge in [-0.25, -0.2) is 4.39 Å². The Morgan fingerprint density at radius 3 is 2.69 bits per heavy atom. The molecule has 0 spiro atoms. The van der Waals surface area contributed by atoms with Crippen molar-refractivity contribution in [1.82, 2.24) is 5.32 Å². The van der Waals surface area contributed by atoms with Crippen LogP contribution in [0.15, 0.2) is 22.7 Å². The molecule has 0 aromatic heterocycles. The molecule has 1 nitrogen and oxygen atoms in total. The lowest BCUT2D eigenvalue weighted by Crippen LogP contribution is -2.35. The molecule has 0 saturated heterocycles. The van der Waals surface area contributed by atoms with Gasteiger partial charge in [0.15, 0.2) is 0 Å². The van der Waals surface area contributed by atoms with E-state index in [0.717, 1.165) is 10.9 Å². The van der Waals surface area contributed by atoms with Gasteiger partial charge in [-0.05, 0) is 49.4 Å². The van der Waals surface area contributed by atoms with Gasteiger partial charge in [-0.1, -0.05) is 28.9 Å². The maximum absolute atomic E-state index is 13.0. The van der Waals surface area contributed by atoms with E-state index in [9.17, 15) is 4.39 Å². The molecular weight excluding hydrogens is 269 g/mol. The zero-order chi connectivity index (χ0) is 11.8. The van der Waals surface area contributed by atoms with Crippen molar-refractivity contribution in [2.75, 3.05) is 7.05 Å². The minimum absolute atomic E-state index is 0.186. The van der Waals surface area contributed by atoms with Crippen molar-refractivity contribution in [3.63, 3.8) is 0 Å². The second-order valence-corrected chi connectivity index (χ2v) is 5.79. The number of halogens is 2. The third-order valence-electron chi connectivity index (χ3n) is 3.67. The van der Waals surface area contributed by atoms with Crippen molar-refractivity contribution >= 4 is 15.9 Å². The van der Waals surface area contributed by atoms with Gasteiger partial charge >= 0.3 is 0 Å². The summed E-state index contributed by atoms with van der Waals surface area (Å²) in [6.07, 6.45) is 3.53. The summed E-state index contributed by atoms with van der Waals surface area (Å²) in [6, 6.07) is 5.42. The molecule has 0 heterocycles. The molecule has 1 aliphatic rings. The fourth-order valence-corrected chi connectivity index (χ4v) is 2.66. The van der Waals surface area contributed by atoms with Gasteiger partial charge < -0.3 is 5.32 Å². The van der Waals surface area contributed by atoms with E-state index in [2.05, 4.69) is 28.2 Å². The summed E-state index contributed by atoms with van der Waals surface area (Å²) in [6.45, 7) is 2.31. The highest BCUT2D eigenvalue weighted by atomic mass is 79.9. The van der Waals surface area contributed by atoms with E-state index in [0.29, 0.717) is 11.5 Å². The summed E-state index contributed by atoms with van der Waals surface area (Å²) in [7, 11) is 2.01. The summed E-state index contributed by atoms with van der Waals surface area (Å²) >= 11 is 3.42. The number of rotatable bonds is 4. The van der Waals surface area contributed by atoms with Crippen molar-refractivity contribution in [2.45, 2.75) is 32.2 Å². The van der Waals surface area contributed by atoms with Crippen LogP contribution in [0.1, 0.15) is 25.3 Å². The SMILES string of the molecule is CNC(Cc1ccc(F)cc1Br)C1(C)CC1. The molecule has 0 aliphatic heterocycles. The third-order valence-corrected chi connectivity index (χ3v) is 4.41. The van der Waals surface area contributed by atoms with E-state index in [-0.39, 0.29) is 5.82 Å². The average Bonchev–Trinajstić information content (AvgIpc) is 2.96. The fraction of sp³-hybridized carbons (Fsp3) is 0.538. The van der Waals surface area contributed by atoms with Gasteiger partial charge in [0.2, 0.25) is 0 Å². The zero-order valence-corrected chi connectivity index (χ0v) is 11.3. The Kier molecular flexibility index (Phi) is 3.36. The maximum atomic E-state index is 13.0. The average molecular weight is 286 g/mol. The van der Waals surface area contributed by atoms with Gasteiger partial charge in [-0.2, -0.15) is 0 Å². The van der Waals surface area contributed by atoms with Gasteiger partial charge in [0.25, 0.3) is 0 Å². The van der Waals surface area contributed by atoms with Crippen molar-refractivity contribution in [1.29, 1.82) is 0 Å². The molecule has 0 radical (unpaired) electrons. The number of hydrogen-bond donors (Lipinski definition) is 1. The molecule has 1 aromatic carbocycles. The third kappa shape index (κ3) is 2.46. The Labute approximate surface area is 105 Å². The monoisotopic (exact) mass is 285 g/mol. The molecule has 3 heteroatoms. The van der Waals surface area contributed by atoms with Crippen molar-refractivity contribution in [3.05, 3.63) is 34.1 Å². The Balaban J connectivity index is 2.13. The fourth-order valence-electron chi connectivity index (χ4n) is 2.15. The molecule has 88 valence electrons. The number of nitrogens with one attached hydrogen (secondary N) is 1. The van der Waals surface area contributed by atoms with Crippen LogP contribution < -0.4 is 5.32 Å². The maximum Gasteiger partial charge on any atom is 0.124 e. The predicted octanol–water partition coefficient (Wildman–Crippen LogP) is 3.52. The molecule has 1 aliphatic carbocycles. The van der Waals surface area contributed by atoms with Crippen molar-refractivity contribution in [2.24, 2.45) is 5.41 Å². The summed E-state index contributed by atoms with van der Waals surface area (Å²) in [4.78, 5) is 0. The van der Waals surface area contributed by atoms with E-state index in [4.69, 9.17) is 0 Å². The first-order valence-corrected chi connectivity index (χ1v) is 6.46. The molecule has 1 unspecified atom stereocenters. The molecule has 2 rings (SSSR count). The number of likely N-dealkylation sites (N-methyl/N-ethyl adjacent to an activating group) is 1. The standard InChI is InChI=1S/C13H17BrFN/c1-13(5-6-13)12(16-2)7-9-3-4-10(15)8-11(9)14/h3-4,8,12,16H,5-7H2,1-2H3. The Morgan fingerprint density at radius 2 is 2.19 bits per heavy atom. The Hall–Kier alpha value is -0.410. The molecule has 1 N–H and O–H groups in total. The highest BCUT2D eigenvalue weighted by Crippen LogP contribution is 2.49. The van der Waals surface area contributed by atoms with Gasteiger partial charge in [0, 0.05) is 10.5 Å². The van der Waals surface area contributed by atoms with E-state index in [1.54, 1.807) is 0 Å². The minimum atomic E-state index is -0.186. The van der Waals surface area contributed by atoms with Crippen LogP contribution >= 0.6 is 15.9 Å². The highest BCUT2D eigenvalue weighted by Gasteiger charge is 2.43. The lowest BCUT2D eigenvalue weighted by molar-refractivity contribution is 0.375. The quantitative estimate of drug-likeness (QED) is 0.893. The summed E-state index contributed by atoms with van der Waals surface area (Å²) < 4.78 is 13.8. The van der Waals surface area contributed by atoms with Gasteiger partial charge in [-0.3, -0.25) is 0 Å². The summed E-state index contributed by atoms with van der Waals surface area (Å²) in [5, 5.41) is 3.38. The highest BCUT2D eigenvalue weighted by molar-refractivity contribution is 9.10. The first-order valence-electron chi connectivity index (χ1n) is 5.66. The molecule has 16 heavy (non-hydrogen) atoms. The summed E-state index contributed by atoms with van der Waals surface area (Å²) in [5.41, 5.74) is 1.61. The number of benzene rings is 1. The van der Waals surface area contributed by atoms with Crippen molar-refractivity contribution in [3.8, 4) is 0 Å². The van der Waals surface area contributed by atoms with Crippen LogP contribution in [0.25, 0.3) is 0 Å².